The number of H-pyrrole nitrogens is 1. The van der Waals surface area contributed by atoms with Crippen LogP contribution in [0, 0.1) is 6.92 Å². The Morgan fingerprint density at radius 3 is 2.84 bits per heavy atom. The van der Waals surface area contributed by atoms with Gasteiger partial charge in [-0.1, -0.05) is 0 Å². The Labute approximate surface area is 112 Å². The van der Waals surface area contributed by atoms with Crippen LogP contribution in [0.5, 0.6) is 0 Å². The van der Waals surface area contributed by atoms with E-state index in [0.717, 1.165) is 11.1 Å². The number of rotatable bonds is 5. The molecule has 2 heterocycles. The molecule has 0 fully saturated rings. The van der Waals surface area contributed by atoms with Gasteiger partial charge in [-0.05, 0) is 6.92 Å². The van der Waals surface area contributed by atoms with Crippen LogP contribution in [-0.2, 0) is 16.6 Å². The molecule has 3 N–H and O–H groups in total. The molecule has 0 bridgehead atoms. The van der Waals surface area contributed by atoms with Crippen molar-refractivity contribution in [1.82, 2.24) is 19.9 Å². The van der Waals surface area contributed by atoms with E-state index in [1.165, 1.54) is 11.3 Å². The van der Waals surface area contributed by atoms with E-state index in [4.69, 9.17) is 5.11 Å². The first-order valence-electron chi connectivity index (χ1n) is 5.08. The Kier molecular flexibility index (Phi) is 3.64. The lowest BCUT2D eigenvalue weighted by Gasteiger charge is -2.03. The van der Waals surface area contributed by atoms with E-state index >= 15 is 0 Å². The fourth-order valence-electron chi connectivity index (χ4n) is 1.34. The molecule has 0 aliphatic rings. The van der Waals surface area contributed by atoms with Crippen LogP contribution in [0.25, 0.3) is 0 Å². The van der Waals surface area contributed by atoms with E-state index in [1.807, 2.05) is 6.92 Å². The fraction of sp³-hybridized carbons (Fsp3) is 0.222. The van der Waals surface area contributed by atoms with Crippen molar-refractivity contribution in [3.8, 4) is 0 Å². The maximum absolute atomic E-state index is 11.9. The Balaban J connectivity index is 2.18. The SMILES string of the molecule is Cc1cnc(CNS(=O)(=O)c2[nH]ncc2C(=O)O)s1. The van der Waals surface area contributed by atoms with E-state index in [-0.39, 0.29) is 6.54 Å². The summed E-state index contributed by atoms with van der Waals surface area (Å²) in [4.78, 5) is 15.8. The molecule has 19 heavy (non-hydrogen) atoms. The van der Waals surface area contributed by atoms with Crippen LogP contribution >= 0.6 is 11.3 Å². The fourth-order valence-corrected chi connectivity index (χ4v) is 3.24. The zero-order valence-corrected chi connectivity index (χ0v) is 11.4. The van der Waals surface area contributed by atoms with Crippen molar-refractivity contribution in [2.75, 3.05) is 0 Å². The van der Waals surface area contributed by atoms with Gasteiger partial charge < -0.3 is 5.11 Å². The molecule has 0 aromatic carbocycles. The summed E-state index contributed by atoms with van der Waals surface area (Å²) in [6.07, 6.45) is 2.58. The van der Waals surface area contributed by atoms with Crippen LogP contribution in [0.1, 0.15) is 20.2 Å². The van der Waals surface area contributed by atoms with Crippen LogP contribution in [0.3, 0.4) is 0 Å². The number of carbonyl (C=O) groups is 1. The molecule has 0 amide bonds. The second kappa shape index (κ2) is 5.07. The molecule has 10 heteroatoms. The molecule has 8 nitrogen and oxygen atoms in total. The average molecular weight is 302 g/mol. The first kappa shape index (κ1) is 13.6. The number of carboxylic acid groups (broad SMARTS) is 1. The van der Waals surface area contributed by atoms with E-state index < -0.39 is 26.6 Å². The first-order valence-corrected chi connectivity index (χ1v) is 7.38. The number of aromatic nitrogens is 3. The highest BCUT2D eigenvalue weighted by Gasteiger charge is 2.24. The predicted molar refractivity (Wildman–Crippen MR) is 66.4 cm³/mol. The minimum Gasteiger partial charge on any atom is -0.478 e. The van der Waals surface area contributed by atoms with Gasteiger partial charge in [-0.2, -0.15) is 5.10 Å². The van der Waals surface area contributed by atoms with Gasteiger partial charge in [0.05, 0.1) is 12.7 Å². The summed E-state index contributed by atoms with van der Waals surface area (Å²) in [6, 6.07) is 0. The maximum Gasteiger partial charge on any atom is 0.340 e. The molecule has 0 aliphatic heterocycles. The minimum absolute atomic E-state index is 0.00107. The summed E-state index contributed by atoms with van der Waals surface area (Å²) in [5, 5.41) is 14.6. The standard InChI is InChI=1S/C9H10N4O4S2/c1-5-2-10-7(18-5)4-12-19(16,17)8-6(9(14)15)3-11-13-8/h2-3,12H,4H2,1H3,(H,11,13)(H,14,15). The van der Waals surface area contributed by atoms with Gasteiger partial charge in [0.1, 0.15) is 10.6 Å². The molecular formula is C9H10N4O4S2. The highest BCUT2D eigenvalue weighted by atomic mass is 32.2. The molecule has 0 saturated carbocycles. The van der Waals surface area contributed by atoms with Crippen LogP contribution in [-0.4, -0.2) is 34.7 Å². The quantitative estimate of drug-likeness (QED) is 0.732. The Bertz CT molecular complexity index is 703. The van der Waals surface area contributed by atoms with Gasteiger partial charge in [-0.25, -0.2) is 22.9 Å². The topological polar surface area (TPSA) is 125 Å². The summed E-state index contributed by atoms with van der Waals surface area (Å²) in [7, 11) is -3.96. The van der Waals surface area contributed by atoms with Crippen LogP contribution in [0.2, 0.25) is 0 Å². The number of sulfonamides is 1. The zero-order chi connectivity index (χ0) is 14.0. The summed E-state index contributed by atoms with van der Waals surface area (Å²) in [5.41, 5.74) is -0.400. The molecule has 0 radical (unpaired) electrons. The molecule has 0 atom stereocenters. The number of nitrogens with one attached hydrogen (secondary N) is 2. The van der Waals surface area contributed by atoms with Crippen molar-refractivity contribution in [1.29, 1.82) is 0 Å². The number of aryl methyl sites for hydroxylation is 1. The molecule has 2 aromatic heterocycles. The summed E-state index contributed by atoms with van der Waals surface area (Å²) in [6.45, 7) is 1.85. The summed E-state index contributed by atoms with van der Waals surface area (Å²) < 4.78 is 26.1. The maximum atomic E-state index is 11.9. The lowest BCUT2D eigenvalue weighted by Crippen LogP contribution is -2.25. The Morgan fingerprint density at radius 2 is 2.26 bits per heavy atom. The smallest absolute Gasteiger partial charge is 0.340 e. The number of aromatic carboxylic acids is 1. The van der Waals surface area contributed by atoms with Gasteiger partial charge in [0.15, 0.2) is 5.03 Å². The molecule has 0 saturated heterocycles. The minimum atomic E-state index is -3.96. The van der Waals surface area contributed by atoms with E-state index in [1.54, 1.807) is 6.20 Å². The van der Waals surface area contributed by atoms with Crippen molar-refractivity contribution in [3.05, 3.63) is 27.8 Å². The lowest BCUT2D eigenvalue weighted by atomic mass is 10.4. The van der Waals surface area contributed by atoms with Crippen LogP contribution < -0.4 is 4.72 Å². The molecule has 102 valence electrons. The predicted octanol–water partition coefficient (Wildman–Crippen LogP) is 0.351. The number of hydrogen-bond acceptors (Lipinski definition) is 6. The first-order chi connectivity index (χ1) is 8.90. The second-order valence-corrected chi connectivity index (χ2v) is 6.63. The monoisotopic (exact) mass is 302 g/mol. The van der Waals surface area contributed by atoms with E-state index in [2.05, 4.69) is 19.9 Å². The number of aromatic amines is 1. The highest BCUT2D eigenvalue weighted by Crippen LogP contribution is 2.14. The van der Waals surface area contributed by atoms with Gasteiger partial charge in [0, 0.05) is 11.1 Å². The lowest BCUT2D eigenvalue weighted by molar-refractivity contribution is 0.0692. The number of carboxylic acids is 1. The summed E-state index contributed by atoms with van der Waals surface area (Å²) >= 11 is 1.36. The second-order valence-electron chi connectivity index (χ2n) is 3.61. The molecule has 0 aliphatic carbocycles. The molecule has 2 aromatic rings. The van der Waals surface area contributed by atoms with Crippen molar-refractivity contribution in [2.24, 2.45) is 0 Å². The van der Waals surface area contributed by atoms with Crippen LogP contribution in [0.15, 0.2) is 17.4 Å². The summed E-state index contributed by atoms with van der Waals surface area (Å²) in [5.74, 6) is -1.36. The molecule has 2 rings (SSSR count). The van der Waals surface area contributed by atoms with Gasteiger partial charge in [0.25, 0.3) is 10.0 Å². The van der Waals surface area contributed by atoms with Gasteiger partial charge in [-0.15, -0.1) is 11.3 Å². The van der Waals surface area contributed by atoms with Crippen LogP contribution in [0.4, 0.5) is 0 Å². The Hall–Kier alpha value is -1.78. The molecule has 0 spiro atoms. The van der Waals surface area contributed by atoms with E-state index in [0.29, 0.717) is 5.01 Å². The largest absolute Gasteiger partial charge is 0.478 e. The number of hydrogen-bond donors (Lipinski definition) is 3. The van der Waals surface area contributed by atoms with Crippen molar-refractivity contribution in [2.45, 2.75) is 18.5 Å². The van der Waals surface area contributed by atoms with Crippen molar-refractivity contribution in [3.63, 3.8) is 0 Å². The third-order valence-electron chi connectivity index (χ3n) is 2.19. The Morgan fingerprint density at radius 1 is 1.53 bits per heavy atom. The van der Waals surface area contributed by atoms with Gasteiger partial charge in [-0.3, -0.25) is 5.10 Å². The highest BCUT2D eigenvalue weighted by molar-refractivity contribution is 7.89. The van der Waals surface area contributed by atoms with Gasteiger partial charge >= 0.3 is 5.97 Å². The van der Waals surface area contributed by atoms with Crippen molar-refractivity contribution >= 4 is 27.3 Å². The average Bonchev–Trinajstić information content (AvgIpc) is 2.94. The normalized spacial score (nSPS) is 11.6. The van der Waals surface area contributed by atoms with E-state index in [9.17, 15) is 13.2 Å². The zero-order valence-electron chi connectivity index (χ0n) is 9.74. The van der Waals surface area contributed by atoms with Gasteiger partial charge in [0.2, 0.25) is 0 Å². The molecule has 0 unspecified atom stereocenters. The number of nitrogens with zero attached hydrogens (tertiary/aromatic N) is 2. The molecular weight excluding hydrogens is 292 g/mol. The van der Waals surface area contributed by atoms with Crippen molar-refractivity contribution < 1.29 is 18.3 Å². The third-order valence-corrected chi connectivity index (χ3v) is 4.47. The third kappa shape index (κ3) is 2.97. The number of thiazole rings is 1.